The molecule has 1 amide bonds. The van der Waals surface area contributed by atoms with Crippen LogP contribution in [-0.4, -0.2) is 33.2 Å². The molecule has 2 aromatic carbocycles. The maximum atomic E-state index is 13.1. The zero-order valence-corrected chi connectivity index (χ0v) is 16.4. The highest BCUT2D eigenvalue weighted by Crippen LogP contribution is 2.38. The van der Waals surface area contributed by atoms with Gasteiger partial charge in [-0.25, -0.2) is 8.42 Å². The van der Waals surface area contributed by atoms with E-state index in [1.165, 1.54) is 29.2 Å². The number of sulfonamides is 1. The fourth-order valence-corrected chi connectivity index (χ4v) is 4.92. The maximum absolute atomic E-state index is 13.1. The van der Waals surface area contributed by atoms with Crippen molar-refractivity contribution in [1.82, 2.24) is 0 Å². The van der Waals surface area contributed by atoms with Gasteiger partial charge >= 0.3 is 0 Å². The Balaban J connectivity index is 1.99. The van der Waals surface area contributed by atoms with Gasteiger partial charge in [-0.2, -0.15) is 0 Å². The summed E-state index contributed by atoms with van der Waals surface area (Å²) in [5.41, 5.74) is 1.11. The minimum atomic E-state index is -3.77. The van der Waals surface area contributed by atoms with Crippen molar-refractivity contribution >= 4 is 39.1 Å². The standard InChI is InChI=1S/C18H20N2O4S2/c1-4-24-16-8-6-5-7-15(16)20(3)26(22,23)13-9-10-14-17(11-13)25-12(2)18(21)19-14/h5-12H,4H2,1-3H3,(H,19,21). The monoisotopic (exact) mass is 392 g/mol. The Bertz CT molecular complexity index is 944. The molecule has 0 saturated carbocycles. The number of hydrogen-bond acceptors (Lipinski definition) is 5. The molecule has 26 heavy (non-hydrogen) atoms. The van der Waals surface area contributed by atoms with Gasteiger partial charge in [-0.05, 0) is 44.2 Å². The van der Waals surface area contributed by atoms with Crippen LogP contribution in [0, 0.1) is 0 Å². The summed E-state index contributed by atoms with van der Waals surface area (Å²) in [5.74, 6) is 0.426. The molecule has 2 aromatic rings. The Kier molecular flexibility index (Phi) is 5.15. The van der Waals surface area contributed by atoms with Crippen LogP contribution in [0.3, 0.4) is 0 Å². The molecule has 6 nitrogen and oxygen atoms in total. The minimum absolute atomic E-state index is 0.0825. The fraction of sp³-hybridized carbons (Fsp3) is 0.278. The number of anilines is 2. The lowest BCUT2D eigenvalue weighted by molar-refractivity contribution is -0.115. The summed E-state index contributed by atoms with van der Waals surface area (Å²) in [7, 11) is -2.27. The number of thioether (sulfide) groups is 1. The molecule has 8 heteroatoms. The average Bonchev–Trinajstić information content (AvgIpc) is 2.62. The first-order chi connectivity index (χ1) is 12.3. The van der Waals surface area contributed by atoms with Crippen molar-refractivity contribution < 1.29 is 17.9 Å². The lowest BCUT2D eigenvalue weighted by Gasteiger charge is -2.24. The maximum Gasteiger partial charge on any atom is 0.264 e. The van der Waals surface area contributed by atoms with Gasteiger partial charge in [0, 0.05) is 11.9 Å². The van der Waals surface area contributed by atoms with Crippen molar-refractivity contribution in [3.05, 3.63) is 42.5 Å². The SMILES string of the molecule is CCOc1ccccc1N(C)S(=O)(=O)c1ccc2c(c1)SC(C)C(=O)N2. The minimum Gasteiger partial charge on any atom is -0.492 e. The van der Waals surface area contributed by atoms with Crippen LogP contribution in [0.5, 0.6) is 5.75 Å². The van der Waals surface area contributed by atoms with E-state index >= 15 is 0 Å². The van der Waals surface area contributed by atoms with E-state index in [2.05, 4.69) is 5.32 Å². The van der Waals surface area contributed by atoms with Crippen LogP contribution in [0.2, 0.25) is 0 Å². The molecule has 0 fully saturated rings. The van der Waals surface area contributed by atoms with Crippen LogP contribution in [-0.2, 0) is 14.8 Å². The van der Waals surface area contributed by atoms with Crippen LogP contribution in [0.1, 0.15) is 13.8 Å². The lowest BCUT2D eigenvalue weighted by Crippen LogP contribution is -2.28. The molecule has 1 unspecified atom stereocenters. The van der Waals surface area contributed by atoms with Gasteiger partial charge in [-0.3, -0.25) is 9.10 Å². The summed E-state index contributed by atoms with van der Waals surface area (Å²) >= 11 is 1.35. The van der Waals surface area contributed by atoms with Gasteiger partial charge in [0.2, 0.25) is 5.91 Å². The second-order valence-electron chi connectivity index (χ2n) is 5.78. The van der Waals surface area contributed by atoms with E-state index in [1.54, 1.807) is 43.3 Å². The molecule has 1 aliphatic rings. The molecule has 138 valence electrons. The van der Waals surface area contributed by atoms with Crippen molar-refractivity contribution in [2.45, 2.75) is 28.9 Å². The largest absolute Gasteiger partial charge is 0.492 e. The number of carbonyl (C=O) groups is 1. The Hall–Kier alpha value is -2.19. The van der Waals surface area contributed by atoms with E-state index in [4.69, 9.17) is 4.74 Å². The molecule has 0 spiro atoms. The van der Waals surface area contributed by atoms with Gasteiger partial charge < -0.3 is 10.1 Å². The van der Waals surface area contributed by atoms with Crippen molar-refractivity contribution in [3.8, 4) is 5.75 Å². The highest BCUT2D eigenvalue weighted by atomic mass is 32.2. The Morgan fingerprint density at radius 2 is 1.96 bits per heavy atom. The molecule has 0 aromatic heterocycles. The Labute approximate surface area is 157 Å². The number of nitrogens with zero attached hydrogens (tertiary/aromatic N) is 1. The predicted molar refractivity (Wildman–Crippen MR) is 104 cm³/mol. The second kappa shape index (κ2) is 7.20. The molecule has 1 aliphatic heterocycles. The van der Waals surface area contributed by atoms with Crippen molar-refractivity contribution in [3.63, 3.8) is 0 Å². The number of rotatable bonds is 5. The third-order valence-electron chi connectivity index (χ3n) is 4.05. The van der Waals surface area contributed by atoms with Crippen LogP contribution >= 0.6 is 11.8 Å². The van der Waals surface area contributed by atoms with Crippen LogP contribution < -0.4 is 14.4 Å². The number of fused-ring (bicyclic) bond motifs is 1. The number of hydrogen-bond donors (Lipinski definition) is 1. The van der Waals surface area contributed by atoms with Gasteiger partial charge in [0.15, 0.2) is 0 Å². The van der Waals surface area contributed by atoms with E-state index in [-0.39, 0.29) is 16.1 Å². The number of amides is 1. The molecule has 1 atom stereocenters. The van der Waals surface area contributed by atoms with E-state index in [9.17, 15) is 13.2 Å². The third kappa shape index (κ3) is 3.39. The summed E-state index contributed by atoms with van der Waals surface area (Å²) in [6.07, 6.45) is 0. The van der Waals surface area contributed by atoms with Gasteiger partial charge in [0.1, 0.15) is 5.75 Å². The number of carbonyl (C=O) groups excluding carboxylic acids is 1. The molecule has 0 saturated heterocycles. The molecular weight excluding hydrogens is 372 g/mol. The second-order valence-corrected chi connectivity index (χ2v) is 9.13. The Morgan fingerprint density at radius 3 is 2.69 bits per heavy atom. The zero-order valence-electron chi connectivity index (χ0n) is 14.7. The molecule has 3 rings (SSSR count). The first kappa shape index (κ1) is 18.6. The summed E-state index contributed by atoms with van der Waals surface area (Å²) in [5, 5.41) is 2.52. The van der Waals surface area contributed by atoms with Crippen molar-refractivity contribution in [2.75, 3.05) is 23.3 Å². The molecule has 1 heterocycles. The molecular formula is C18H20N2O4S2. The fourth-order valence-electron chi connectivity index (χ4n) is 2.62. The summed E-state index contributed by atoms with van der Waals surface area (Å²) in [4.78, 5) is 12.7. The highest BCUT2D eigenvalue weighted by molar-refractivity contribution is 8.01. The van der Waals surface area contributed by atoms with Crippen molar-refractivity contribution in [2.24, 2.45) is 0 Å². The van der Waals surface area contributed by atoms with Crippen LogP contribution in [0.25, 0.3) is 0 Å². The highest BCUT2D eigenvalue weighted by Gasteiger charge is 2.28. The molecule has 0 aliphatic carbocycles. The third-order valence-corrected chi connectivity index (χ3v) is 6.97. The Morgan fingerprint density at radius 1 is 1.23 bits per heavy atom. The predicted octanol–water partition coefficient (Wildman–Crippen LogP) is 3.34. The number of ether oxygens (including phenoxy) is 1. The smallest absolute Gasteiger partial charge is 0.264 e. The molecule has 0 bridgehead atoms. The van der Waals surface area contributed by atoms with E-state index < -0.39 is 10.0 Å². The number of benzene rings is 2. The van der Waals surface area contributed by atoms with Gasteiger partial charge in [-0.1, -0.05) is 12.1 Å². The normalized spacial score (nSPS) is 16.6. The average molecular weight is 393 g/mol. The van der Waals surface area contributed by atoms with Crippen LogP contribution in [0.4, 0.5) is 11.4 Å². The summed E-state index contributed by atoms with van der Waals surface area (Å²) < 4.78 is 33.0. The van der Waals surface area contributed by atoms with E-state index in [0.29, 0.717) is 23.7 Å². The van der Waals surface area contributed by atoms with Gasteiger partial charge in [0.05, 0.1) is 28.1 Å². The van der Waals surface area contributed by atoms with Gasteiger partial charge in [0.25, 0.3) is 10.0 Å². The van der Waals surface area contributed by atoms with Crippen molar-refractivity contribution in [1.29, 1.82) is 0 Å². The number of para-hydroxylation sites is 2. The zero-order chi connectivity index (χ0) is 18.9. The van der Waals surface area contributed by atoms with E-state index in [0.717, 1.165) is 4.90 Å². The van der Waals surface area contributed by atoms with Crippen LogP contribution in [0.15, 0.2) is 52.3 Å². The quantitative estimate of drug-likeness (QED) is 0.845. The summed E-state index contributed by atoms with van der Waals surface area (Å²) in [6, 6.07) is 11.7. The van der Waals surface area contributed by atoms with Gasteiger partial charge in [-0.15, -0.1) is 11.8 Å². The molecule has 1 N–H and O–H groups in total. The topological polar surface area (TPSA) is 75.7 Å². The first-order valence-electron chi connectivity index (χ1n) is 8.17. The lowest BCUT2D eigenvalue weighted by atomic mass is 10.3. The van der Waals surface area contributed by atoms with E-state index in [1.807, 2.05) is 6.92 Å². The summed E-state index contributed by atoms with van der Waals surface area (Å²) in [6.45, 7) is 4.08. The first-order valence-corrected chi connectivity index (χ1v) is 10.5. The molecule has 0 radical (unpaired) electrons. The number of nitrogens with one attached hydrogen (secondary N) is 1.